The summed E-state index contributed by atoms with van der Waals surface area (Å²) in [5.74, 6) is 0.000787. The van der Waals surface area contributed by atoms with E-state index < -0.39 is 12.1 Å². The van der Waals surface area contributed by atoms with Crippen molar-refractivity contribution in [2.75, 3.05) is 13.2 Å². The normalized spacial score (nSPS) is 12.4. The fraction of sp³-hybridized carbons (Fsp3) is 0.973. The van der Waals surface area contributed by atoms with Crippen molar-refractivity contribution in [3.05, 3.63) is 0 Å². The zero-order valence-electron chi connectivity index (χ0n) is 55.6. The molecule has 0 saturated heterocycles. The summed E-state index contributed by atoms with van der Waals surface area (Å²) in [7, 11) is 0. The maximum atomic E-state index is 12.5. The number of hydrogen-bond acceptors (Lipinski definition) is 5. The SMILES string of the molecule is CCCCCCCCCCCCCCCCCCC(=O)OCCCCCCCCCCCCCCCCCCCCCCCCCCCCCCCCCCCCCC(=O)NC(CO)C(O)CCCCCCCCCCCCCCC. The predicted octanol–water partition coefficient (Wildman–Crippen LogP) is 24.5. The van der Waals surface area contributed by atoms with Crippen molar-refractivity contribution in [1.29, 1.82) is 0 Å². The molecule has 0 aromatic rings. The number of aliphatic hydroxyl groups excluding tert-OH is 2. The van der Waals surface area contributed by atoms with Gasteiger partial charge in [-0.05, 0) is 25.7 Å². The van der Waals surface area contributed by atoms with Crippen LogP contribution in [-0.4, -0.2) is 47.4 Å². The van der Waals surface area contributed by atoms with Crippen LogP contribution in [-0.2, 0) is 14.3 Å². The largest absolute Gasteiger partial charge is 0.466 e. The average molecular weight is 1150 g/mol. The predicted molar refractivity (Wildman–Crippen MR) is 357 cm³/mol. The van der Waals surface area contributed by atoms with Crippen LogP contribution >= 0.6 is 0 Å². The second-order valence-corrected chi connectivity index (χ2v) is 26.4. The van der Waals surface area contributed by atoms with E-state index in [1.54, 1.807) is 0 Å². The molecule has 2 atom stereocenters. The first-order valence-corrected chi connectivity index (χ1v) is 37.8. The van der Waals surface area contributed by atoms with Crippen LogP contribution in [0.5, 0.6) is 0 Å². The van der Waals surface area contributed by atoms with Crippen molar-refractivity contribution in [1.82, 2.24) is 5.32 Å². The molecule has 0 bridgehead atoms. The minimum Gasteiger partial charge on any atom is -0.466 e. The molecular weight excluding hydrogens is 995 g/mol. The number of carbonyl (C=O) groups excluding carboxylic acids is 2. The number of hydrogen-bond donors (Lipinski definition) is 3. The monoisotopic (exact) mass is 1140 g/mol. The Morgan fingerprint density at radius 1 is 0.296 bits per heavy atom. The summed E-state index contributed by atoms with van der Waals surface area (Å²) in [6, 6.07) is -0.535. The molecule has 0 spiro atoms. The Balaban J connectivity index is 3.27. The van der Waals surface area contributed by atoms with Gasteiger partial charge in [-0.25, -0.2) is 0 Å². The van der Waals surface area contributed by atoms with E-state index in [2.05, 4.69) is 19.2 Å². The van der Waals surface area contributed by atoms with E-state index in [1.165, 1.54) is 372 Å². The van der Waals surface area contributed by atoms with Crippen molar-refractivity contribution in [3.63, 3.8) is 0 Å². The van der Waals surface area contributed by atoms with Crippen LogP contribution in [0.4, 0.5) is 0 Å². The van der Waals surface area contributed by atoms with Gasteiger partial charge in [-0.15, -0.1) is 0 Å². The first kappa shape index (κ1) is 79.9. The molecule has 0 aliphatic carbocycles. The number of rotatable bonds is 72. The summed E-state index contributed by atoms with van der Waals surface area (Å²) in [5, 5.41) is 23.3. The molecule has 484 valence electrons. The zero-order valence-corrected chi connectivity index (χ0v) is 55.6. The Bertz CT molecular complexity index is 1180. The van der Waals surface area contributed by atoms with E-state index >= 15 is 0 Å². The third-order valence-electron chi connectivity index (χ3n) is 18.2. The molecule has 0 aliphatic heterocycles. The minimum atomic E-state index is -0.658. The van der Waals surface area contributed by atoms with Crippen LogP contribution in [0.3, 0.4) is 0 Å². The molecule has 2 unspecified atom stereocenters. The maximum Gasteiger partial charge on any atom is 0.305 e. The molecule has 0 saturated carbocycles. The molecule has 0 radical (unpaired) electrons. The first-order chi connectivity index (χ1) is 40.0. The van der Waals surface area contributed by atoms with Crippen LogP contribution < -0.4 is 5.32 Å². The lowest BCUT2D eigenvalue weighted by atomic mass is 10.0. The maximum absolute atomic E-state index is 12.5. The highest BCUT2D eigenvalue weighted by molar-refractivity contribution is 5.76. The third-order valence-corrected chi connectivity index (χ3v) is 18.2. The summed E-state index contributed by atoms with van der Waals surface area (Å²) < 4.78 is 5.51. The lowest BCUT2D eigenvalue weighted by molar-refractivity contribution is -0.143. The van der Waals surface area contributed by atoms with Crippen molar-refractivity contribution in [2.24, 2.45) is 0 Å². The van der Waals surface area contributed by atoms with Gasteiger partial charge in [0.1, 0.15) is 0 Å². The van der Waals surface area contributed by atoms with Gasteiger partial charge < -0.3 is 20.3 Å². The van der Waals surface area contributed by atoms with Gasteiger partial charge in [-0.3, -0.25) is 9.59 Å². The molecule has 6 nitrogen and oxygen atoms in total. The van der Waals surface area contributed by atoms with E-state index in [1.807, 2.05) is 0 Å². The Labute approximate surface area is 508 Å². The fourth-order valence-corrected chi connectivity index (χ4v) is 12.4. The van der Waals surface area contributed by atoms with Crippen LogP contribution in [0.1, 0.15) is 444 Å². The van der Waals surface area contributed by atoms with E-state index in [-0.39, 0.29) is 18.5 Å². The van der Waals surface area contributed by atoms with Crippen LogP contribution in [0.25, 0.3) is 0 Å². The zero-order chi connectivity index (χ0) is 58.5. The van der Waals surface area contributed by atoms with Gasteiger partial charge in [0.15, 0.2) is 0 Å². The molecule has 81 heavy (non-hydrogen) atoms. The summed E-state index contributed by atoms with van der Waals surface area (Å²) in [5.41, 5.74) is 0. The molecule has 3 N–H and O–H groups in total. The standard InChI is InChI=1S/C75H149NO5/c1-3-5-7-9-11-13-15-17-18-41-45-49-53-57-61-65-69-75(80)81-70-66-62-58-54-50-46-42-39-37-35-33-31-29-27-25-23-21-19-20-22-24-26-28-30-32-34-36-38-40-44-48-52-56-60-64-68-74(79)76-72(71-77)73(78)67-63-59-55-51-47-43-16-14-12-10-8-6-4-2/h72-73,77-78H,3-71H2,1-2H3,(H,76,79). The Hall–Kier alpha value is -1.14. The van der Waals surface area contributed by atoms with E-state index in [9.17, 15) is 19.8 Å². The number of aliphatic hydroxyl groups is 2. The topological polar surface area (TPSA) is 95.9 Å². The number of nitrogens with one attached hydrogen (secondary N) is 1. The molecular formula is C75H149NO5. The number of carbonyl (C=O) groups is 2. The number of amides is 1. The summed E-state index contributed by atoms with van der Waals surface area (Å²) in [4.78, 5) is 24.6. The fourth-order valence-electron chi connectivity index (χ4n) is 12.4. The third kappa shape index (κ3) is 67.9. The quantitative estimate of drug-likeness (QED) is 0.0417. The van der Waals surface area contributed by atoms with Crippen molar-refractivity contribution < 1.29 is 24.5 Å². The van der Waals surface area contributed by atoms with Crippen molar-refractivity contribution in [3.8, 4) is 0 Å². The smallest absolute Gasteiger partial charge is 0.305 e. The first-order valence-electron chi connectivity index (χ1n) is 37.8. The summed E-state index contributed by atoms with van der Waals surface area (Å²) in [6.45, 7) is 5.00. The van der Waals surface area contributed by atoms with Crippen LogP contribution in [0, 0.1) is 0 Å². The molecule has 0 rings (SSSR count). The number of esters is 1. The lowest BCUT2D eigenvalue weighted by Crippen LogP contribution is -2.45. The lowest BCUT2D eigenvalue weighted by Gasteiger charge is -2.22. The van der Waals surface area contributed by atoms with Gasteiger partial charge in [0.2, 0.25) is 5.91 Å². The highest BCUT2D eigenvalue weighted by Gasteiger charge is 2.20. The number of unbranched alkanes of at least 4 members (excludes halogenated alkanes) is 61. The molecule has 6 heteroatoms. The average Bonchev–Trinajstić information content (AvgIpc) is 3.47. The van der Waals surface area contributed by atoms with Crippen molar-refractivity contribution in [2.45, 2.75) is 456 Å². The highest BCUT2D eigenvalue weighted by atomic mass is 16.5. The molecule has 0 aliphatic rings. The summed E-state index contributed by atoms with van der Waals surface area (Å²) >= 11 is 0. The van der Waals surface area contributed by atoms with E-state index in [4.69, 9.17) is 4.74 Å². The van der Waals surface area contributed by atoms with E-state index in [0.29, 0.717) is 25.9 Å². The van der Waals surface area contributed by atoms with Gasteiger partial charge in [0.25, 0.3) is 0 Å². The second kappa shape index (κ2) is 71.3. The molecule has 0 fully saturated rings. The Morgan fingerprint density at radius 3 is 0.753 bits per heavy atom. The van der Waals surface area contributed by atoms with Gasteiger partial charge in [0, 0.05) is 12.8 Å². The van der Waals surface area contributed by atoms with Gasteiger partial charge >= 0.3 is 5.97 Å². The molecule has 1 amide bonds. The molecule has 0 aromatic heterocycles. The molecule has 0 aromatic carbocycles. The second-order valence-electron chi connectivity index (χ2n) is 26.4. The number of ether oxygens (including phenoxy) is 1. The van der Waals surface area contributed by atoms with Gasteiger partial charge in [-0.1, -0.05) is 406 Å². The Kier molecular flexibility index (Phi) is 70.3. The molecule has 0 heterocycles. The van der Waals surface area contributed by atoms with Gasteiger partial charge in [0.05, 0.1) is 25.4 Å². The van der Waals surface area contributed by atoms with Crippen LogP contribution in [0.2, 0.25) is 0 Å². The Morgan fingerprint density at radius 2 is 0.506 bits per heavy atom. The highest BCUT2D eigenvalue weighted by Crippen LogP contribution is 2.20. The van der Waals surface area contributed by atoms with E-state index in [0.717, 1.165) is 38.5 Å². The summed E-state index contributed by atoms with van der Waals surface area (Å²) in [6.07, 6.45) is 87.6. The minimum absolute atomic E-state index is 0.0265. The van der Waals surface area contributed by atoms with Gasteiger partial charge in [-0.2, -0.15) is 0 Å². The van der Waals surface area contributed by atoms with Crippen LogP contribution in [0.15, 0.2) is 0 Å². The van der Waals surface area contributed by atoms with Crippen molar-refractivity contribution >= 4 is 11.9 Å².